The number of thioether (sulfide) groups is 1. The molecule has 25 heavy (non-hydrogen) atoms. The van der Waals surface area contributed by atoms with Crippen molar-refractivity contribution in [2.24, 2.45) is 0 Å². The molecule has 0 radical (unpaired) electrons. The fourth-order valence-electron chi connectivity index (χ4n) is 2.28. The summed E-state index contributed by atoms with van der Waals surface area (Å²) in [7, 11) is 0. The fraction of sp³-hybridized carbons (Fsp3) is 0.105. The Balaban J connectivity index is 1.75. The molecule has 1 aromatic heterocycles. The number of carbonyl (C=O) groups excluding carboxylic acids is 1. The molecule has 0 bridgehead atoms. The third-order valence-corrected chi connectivity index (χ3v) is 4.52. The van der Waals surface area contributed by atoms with Crippen LogP contribution in [0.15, 0.2) is 64.0 Å². The standard InChI is InChI=1S/C19H15N3O2S/c1-13-9-16(24-22-13)12-25-18-8-3-2-7-17(18)19(23)21-15-6-4-5-14(10-15)11-20/h2-10H,12H2,1H3,(H,21,23). The molecule has 0 aliphatic carbocycles. The first-order valence-corrected chi connectivity index (χ1v) is 8.60. The van der Waals surface area contributed by atoms with Crippen LogP contribution < -0.4 is 5.32 Å². The number of amides is 1. The second kappa shape index (κ2) is 7.69. The molecule has 2 aromatic carbocycles. The van der Waals surface area contributed by atoms with Crippen molar-refractivity contribution >= 4 is 23.4 Å². The van der Waals surface area contributed by atoms with E-state index in [1.54, 1.807) is 30.3 Å². The molecular formula is C19H15N3O2S. The SMILES string of the molecule is Cc1cc(CSc2ccccc2C(=O)Nc2cccc(C#N)c2)on1. The third-order valence-electron chi connectivity index (χ3n) is 3.43. The van der Waals surface area contributed by atoms with E-state index in [9.17, 15) is 4.79 Å². The lowest BCUT2D eigenvalue weighted by Gasteiger charge is -2.09. The molecule has 0 atom stereocenters. The highest BCUT2D eigenvalue weighted by Gasteiger charge is 2.13. The monoisotopic (exact) mass is 349 g/mol. The molecule has 3 rings (SSSR count). The van der Waals surface area contributed by atoms with Crippen molar-refractivity contribution < 1.29 is 9.32 Å². The van der Waals surface area contributed by atoms with E-state index in [0.29, 0.717) is 22.6 Å². The van der Waals surface area contributed by atoms with E-state index < -0.39 is 0 Å². The van der Waals surface area contributed by atoms with Crippen molar-refractivity contribution in [1.82, 2.24) is 5.16 Å². The first-order valence-electron chi connectivity index (χ1n) is 7.61. The van der Waals surface area contributed by atoms with E-state index in [2.05, 4.69) is 16.5 Å². The number of anilines is 1. The van der Waals surface area contributed by atoms with Crippen LogP contribution >= 0.6 is 11.8 Å². The maximum atomic E-state index is 12.6. The molecule has 0 saturated heterocycles. The first kappa shape index (κ1) is 16.8. The summed E-state index contributed by atoms with van der Waals surface area (Å²) in [6.07, 6.45) is 0. The average molecular weight is 349 g/mol. The number of hydrogen-bond donors (Lipinski definition) is 1. The van der Waals surface area contributed by atoms with E-state index in [-0.39, 0.29) is 5.91 Å². The van der Waals surface area contributed by atoms with Gasteiger partial charge in [-0.25, -0.2) is 0 Å². The molecule has 1 N–H and O–H groups in total. The van der Waals surface area contributed by atoms with Gasteiger partial charge in [0.05, 0.1) is 28.6 Å². The zero-order valence-corrected chi connectivity index (χ0v) is 14.3. The van der Waals surface area contributed by atoms with E-state index in [1.807, 2.05) is 31.2 Å². The molecule has 1 heterocycles. The van der Waals surface area contributed by atoms with Gasteiger partial charge in [0, 0.05) is 16.6 Å². The van der Waals surface area contributed by atoms with Crippen molar-refractivity contribution in [2.75, 3.05) is 5.32 Å². The van der Waals surface area contributed by atoms with Gasteiger partial charge in [0.15, 0.2) is 0 Å². The average Bonchev–Trinajstić information content (AvgIpc) is 3.05. The lowest BCUT2D eigenvalue weighted by molar-refractivity contribution is 0.102. The number of benzene rings is 2. The van der Waals surface area contributed by atoms with Crippen LogP contribution in [0.25, 0.3) is 0 Å². The lowest BCUT2D eigenvalue weighted by Crippen LogP contribution is -2.13. The van der Waals surface area contributed by atoms with Gasteiger partial charge in [0.1, 0.15) is 5.76 Å². The predicted octanol–water partition coefficient (Wildman–Crippen LogP) is 4.40. The second-order valence-electron chi connectivity index (χ2n) is 5.37. The molecule has 1 amide bonds. The van der Waals surface area contributed by atoms with Gasteiger partial charge >= 0.3 is 0 Å². The summed E-state index contributed by atoms with van der Waals surface area (Å²) in [6, 6.07) is 18.2. The molecule has 5 nitrogen and oxygen atoms in total. The maximum Gasteiger partial charge on any atom is 0.256 e. The van der Waals surface area contributed by atoms with Gasteiger partial charge in [0.2, 0.25) is 0 Å². The Labute approximate surface area is 149 Å². The number of hydrogen-bond acceptors (Lipinski definition) is 5. The molecule has 0 unspecified atom stereocenters. The summed E-state index contributed by atoms with van der Waals surface area (Å²) >= 11 is 1.51. The molecule has 0 saturated carbocycles. The number of nitriles is 1. The second-order valence-corrected chi connectivity index (χ2v) is 6.38. The molecular weight excluding hydrogens is 334 g/mol. The number of carbonyl (C=O) groups is 1. The van der Waals surface area contributed by atoms with Crippen LogP contribution in [0.2, 0.25) is 0 Å². The Kier molecular flexibility index (Phi) is 5.17. The number of aryl methyl sites for hydroxylation is 1. The molecule has 0 aliphatic rings. The molecule has 0 spiro atoms. The van der Waals surface area contributed by atoms with E-state index in [1.165, 1.54) is 11.8 Å². The molecule has 124 valence electrons. The van der Waals surface area contributed by atoms with Gasteiger partial charge in [-0.1, -0.05) is 23.4 Å². The minimum atomic E-state index is -0.216. The van der Waals surface area contributed by atoms with Crippen LogP contribution in [0, 0.1) is 18.3 Å². The Morgan fingerprint density at radius 2 is 2.08 bits per heavy atom. The summed E-state index contributed by atoms with van der Waals surface area (Å²) in [5, 5.41) is 15.7. The predicted molar refractivity (Wildman–Crippen MR) is 96.4 cm³/mol. The zero-order chi connectivity index (χ0) is 17.6. The number of aromatic nitrogens is 1. The summed E-state index contributed by atoms with van der Waals surface area (Å²) in [5.74, 6) is 1.14. The summed E-state index contributed by atoms with van der Waals surface area (Å²) < 4.78 is 5.21. The molecule has 6 heteroatoms. The topological polar surface area (TPSA) is 78.9 Å². The first-order chi connectivity index (χ1) is 12.2. The highest BCUT2D eigenvalue weighted by Crippen LogP contribution is 2.27. The van der Waals surface area contributed by atoms with Gasteiger partial charge in [-0.3, -0.25) is 4.79 Å². The Hall–Kier alpha value is -3.04. The van der Waals surface area contributed by atoms with Crippen molar-refractivity contribution in [3.63, 3.8) is 0 Å². The quantitative estimate of drug-likeness (QED) is 0.691. The normalized spacial score (nSPS) is 10.2. The van der Waals surface area contributed by atoms with Crippen LogP contribution in [0.5, 0.6) is 0 Å². The Bertz CT molecular complexity index is 944. The lowest BCUT2D eigenvalue weighted by atomic mass is 10.2. The fourth-order valence-corrected chi connectivity index (χ4v) is 3.20. The van der Waals surface area contributed by atoms with E-state index >= 15 is 0 Å². The summed E-state index contributed by atoms with van der Waals surface area (Å²) in [6.45, 7) is 1.87. The van der Waals surface area contributed by atoms with Crippen molar-refractivity contribution in [3.05, 3.63) is 77.2 Å². The van der Waals surface area contributed by atoms with Crippen molar-refractivity contribution in [1.29, 1.82) is 5.26 Å². The van der Waals surface area contributed by atoms with Crippen LogP contribution in [-0.2, 0) is 5.75 Å². The van der Waals surface area contributed by atoms with Gasteiger partial charge in [-0.2, -0.15) is 5.26 Å². The van der Waals surface area contributed by atoms with Crippen LogP contribution in [-0.4, -0.2) is 11.1 Å². The third kappa shape index (κ3) is 4.28. The van der Waals surface area contributed by atoms with Gasteiger partial charge in [-0.15, -0.1) is 11.8 Å². The molecule has 3 aromatic rings. The van der Waals surface area contributed by atoms with Crippen LogP contribution in [0.4, 0.5) is 5.69 Å². The van der Waals surface area contributed by atoms with Gasteiger partial charge in [-0.05, 0) is 37.3 Å². The Morgan fingerprint density at radius 1 is 1.24 bits per heavy atom. The van der Waals surface area contributed by atoms with Gasteiger partial charge in [0.25, 0.3) is 5.91 Å². The van der Waals surface area contributed by atoms with Gasteiger partial charge < -0.3 is 9.84 Å². The van der Waals surface area contributed by atoms with E-state index in [0.717, 1.165) is 16.3 Å². The van der Waals surface area contributed by atoms with Crippen LogP contribution in [0.1, 0.15) is 27.4 Å². The smallest absolute Gasteiger partial charge is 0.256 e. The highest BCUT2D eigenvalue weighted by molar-refractivity contribution is 7.98. The number of rotatable bonds is 5. The zero-order valence-electron chi connectivity index (χ0n) is 13.5. The number of nitrogens with zero attached hydrogens (tertiary/aromatic N) is 2. The molecule has 0 fully saturated rings. The highest BCUT2D eigenvalue weighted by atomic mass is 32.2. The summed E-state index contributed by atoms with van der Waals surface area (Å²) in [5.41, 5.74) is 2.50. The Morgan fingerprint density at radius 3 is 2.84 bits per heavy atom. The minimum absolute atomic E-state index is 0.216. The minimum Gasteiger partial charge on any atom is -0.360 e. The van der Waals surface area contributed by atoms with Crippen molar-refractivity contribution in [2.45, 2.75) is 17.6 Å². The maximum absolute atomic E-state index is 12.6. The van der Waals surface area contributed by atoms with Crippen molar-refractivity contribution in [3.8, 4) is 6.07 Å². The number of nitrogens with one attached hydrogen (secondary N) is 1. The largest absolute Gasteiger partial charge is 0.360 e. The molecule has 0 aliphatic heterocycles. The van der Waals surface area contributed by atoms with Crippen LogP contribution in [0.3, 0.4) is 0 Å². The summed E-state index contributed by atoms with van der Waals surface area (Å²) in [4.78, 5) is 13.5. The van der Waals surface area contributed by atoms with E-state index in [4.69, 9.17) is 9.78 Å².